The minimum atomic E-state index is -4.30. The van der Waals surface area contributed by atoms with Crippen LogP contribution in [0.1, 0.15) is 41.0 Å². The second-order valence-electron chi connectivity index (χ2n) is 9.65. The average Bonchev–Trinajstić information content (AvgIpc) is 3.19. The van der Waals surface area contributed by atoms with Crippen molar-refractivity contribution in [2.24, 2.45) is 35.0 Å². The lowest BCUT2D eigenvalue weighted by molar-refractivity contribution is -0.206. The molecule has 0 aromatic rings. The summed E-state index contributed by atoms with van der Waals surface area (Å²) in [7, 11) is 1.40. The van der Waals surface area contributed by atoms with Crippen LogP contribution in [0.5, 0.6) is 0 Å². The van der Waals surface area contributed by atoms with Crippen LogP contribution in [0, 0.1) is 35.0 Å². The van der Waals surface area contributed by atoms with Crippen molar-refractivity contribution in [3.8, 4) is 0 Å². The number of fused-ring (bicyclic) bond motifs is 2. The number of methoxy groups -OCH3 is 1. The van der Waals surface area contributed by atoms with E-state index in [1.54, 1.807) is 20.8 Å². The van der Waals surface area contributed by atoms with Crippen LogP contribution in [-0.2, 0) is 33.4 Å². The summed E-state index contributed by atoms with van der Waals surface area (Å²) in [6.07, 6.45) is -2.82. The molecule has 0 spiro atoms. The molecule has 2 saturated carbocycles. The number of hydrogen-bond acceptors (Lipinski definition) is 7. The van der Waals surface area contributed by atoms with Crippen molar-refractivity contribution in [1.29, 1.82) is 0 Å². The van der Waals surface area contributed by atoms with Crippen LogP contribution in [0.15, 0.2) is 0 Å². The first kappa shape index (κ1) is 25.2. The van der Waals surface area contributed by atoms with Gasteiger partial charge in [0, 0.05) is 18.9 Å². The van der Waals surface area contributed by atoms with Crippen LogP contribution in [0.2, 0.25) is 0 Å². The van der Waals surface area contributed by atoms with Gasteiger partial charge in [-0.15, -0.1) is 0 Å². The number of rotatable bonds is 8. The third-order valence-corrected chi connectivity index (χ3v) is 6.13. The quantitative estimate of drug-likeness (QED) is 0.444. The number of ether oxygens (including phenoxy) is 3. The third-order valence-electron chi connectivity index (χ3n) is 6.13. The maximum atomic E-state index is 14.1. The molecule has 31 heavy (non-hydrogen) atoms. The van der Waals surface area contributed by atoms with Crippen molar-refractivity contribution in [1.82, 2.24) is 0 Å². The second-order valence-corrected chi connectivity index (χ2v) is 9.65. The standard InChI is InChI=1S/C21H30F2O8/c1-9(2)16(21(22,23)18(26)27)31-17(25)13-11-7-10(12(13)8-24)14(29-6)15(11)30-19(28)20(3,4)5/h8-16H,7H2,1-6H3,(H,26,27). The Morgan fingerprint density at radius 1 is 1.10 bits per heavy atom. The molecule has 8 nitrogen and oxygen atoms in total. The van der Waals surface area contributed by atoms with Gasteiger partial charge >= 0.3 is 23.8 Å². The molecular weight excluding hydrogens is 418 g/mol. The molecule has 2 aliphatic rings. The molecule has 0 aromatic carbocycles. The van der Waals surface area contributed by atoms with Gasteiger partial charge in [-0.2, -0.15) is 8.78 Å². The largest absolute Gasteiger partial charge is 0.477 e. The van der Waals surface area contributed by atoms with E-state index in [2.05, 4.69) is 0 Å². The number of alkyl halides is 2. The van der Waals surface area contributed by atoms with Crippen LogP contribution >= 0.6 is 0 Å². The Morgan fingerprint density at radius 3 is 2.10 bits per heavy atom. The fourth-order valence-corrected chi connectivity index (χ4v) is 4.58. The molecule has 2 bridgehead atoms. The third kappa shape index (κ3) is 4.58. The van der Waals surface area contributed by atoms with Gasteiger partial charge in [0.2, 0.25) is 0 Å². The maximum absolute atomic E-state index is 14.1. The number of carboxylic acid groups (broad SMARTS) is 1. The van der Waals surface area contributed by atoms with E-state index in [0.717, 1.165) is 0 Å². The highest BCUT2D eigenvalue weighted by Gasteiger charge is 2.64. The summed E-state index contributed by atoms with van der Waals surface area (Å²) in [5, 5.41) is 8.85. The molecule has 2 fully saturated rings. The van der Waals surface area contributed by atoms with Gasteiger partial charge in [-0.3, -0.25) is 9.59 Å². The van der Waals surface area contributed by atoms with Crippen molar-refractivity contribution in [2.45, 2.75) is 65.3 Å². The van der Waals surface area contributed by atoms with E-state index in [0.29, 0.717) is 12.7 Å². The zero-order chi connectivity index (χ0) is 23.9. The molecule has 0 aliphatic heterocycles. The van der Waals surface area contributed by atoms with Crippen molar-refractivity contribution < 1.29 is 47.3 Å². The molecule has 0 aromatic heterocycles. The monoisotopic (exact) mass is 448 g/mol. The first-order chi connectivity index (χ1) is 14.2. The molecule has 7 unspecified atom stereocenters. The topological polar surface area (TPSA) is 116 Å². The van der Waals surface area contributed by atoms with E-state index in [9.17, 15) is 28.0 Å². The Balaban J connectivity index is 2.32. The van der Waals surface area contributed by atoms with Crippen molar-refractivity contribution in [2.75, 3.05) is 7.11 Å². The molecule has 10 heteroatoms. The summed E-state index contributed by atoms with van der Waals surface area (Å²) in [5.41, 5.74) is -0.827. The number of esters is 2. The Labute approximate surface area is 179 Å². The van der Waals surface area contributed by atoms with Gasteiger partial charge < -0.3 is 24.1 Å². The van der Waals surface area contributed by atoms with E-state index in [1.165, 1.54) is 21.0 Å². The molecule has 0 radical (unpaired) electrons. The fraction of sp³-hybridized carbons (Fsp3) is 0.810. The van der Waals surface area contributed by atoms with Gasteiger partial charge in [-0.25, -0.2) is 4.79 Å². The number of halogens is 2. The lowest BCUT2D eigenvalue weighted by atomic mass is 9.76. The minimum Gasteiger partial charge on any atom is -0.477 e. The molecule has 0 saturated heterocycles. The molecule has 0 heterocycles. The summed E-state index contributed by atoms with van der Waals surface area (Å²) in [6, 6.07) is 0. The van der Waals surface area contributed by atoms with Crippen LogP contribution in [0.3, 0.4) is 0 Å². The van der Waals surface area contributed by atoms with E-state index in [4.69, 9.17) is 19.3 Å². The van der Waals surface area contributed by atoms with Gasteiger partial charge in [0.05, 0.1) is 17.4 Å². The summed E-state index contributed by atoms with van der Waals surface area (Å²) in [4.78, 5) is 48.1. The highest BCUT2D eigenvalue weighted by Crippen LogP contribution is 2.54. The van der Waals surface area contributed by atoms with Crippen molar-refractivity contribution >= 4 is 24.2 Å². The highest BCUT2D eigenvalue weighted by atomic mass is 19.3. The van der Waals surface area contributed by atoms with Gasteiger partial charge in [-0.05, 0) is 39.0 Å². The first-order valence-electron chi connectivity index (χ1n) is 10.2. The Kier molecular flexibility index (Phi) is 7.14. The Bertz CT molecular complexity index is 729. The zero-order valence-electron chi connectivity index (χ0n) is 18.5. The molecule has 176 valence electrons. The van der Waals surface area contributed by atoms with Crippen LogP contribution in [0.25, 0.3) is 0 Å². The lowest BCUT2D eigenvalue weighted by Gasteiger charge is -2.38. The highest BCUT2D eigenvalue weighted by molar-refractivity contribution is 5.81. The van der Waals surface area contributed by atoms with Gasteiger partial charge in [0.1, 0.15) is 12.4 Å². The zero-order valence-corrected chi connectivity index (χ0v) is 18.5. The Morgan fingerprint density at radius 2 is 1.68 bits per heavy atom. The number of aliphatic carboxylic acids is 1. The summed E-state index contributed by atoms with van der Waals surface area (Å²) >= 11 is 0. The summed E-state index contributed by atoms with van der Waals surface area (Å²) in [5.74, 6) is -12.5. The predicted molar refractivity (Wildman–Crippen MR) is 102 cm³/mol. The first-order valence-corrected chi connectivity index (χ1v) is 10.2. The van der Waals surface area contributed by atoms with Crippen molar-refractivity contribution in [3.63, 3.8) is 0 Å². The van der Waals surface area contributed by atoms with E-state index in [1.807, 2.05) is 0 Å². The number of hydrogen-bond donors (Lipinski definition) is 1. The normalized spacial score (nSPS) is 31.4. The van der Waals surface area contributed by atoms with Gasteiger partial charge in [0.25, 0.3) is 0 Å². The van der Waals surface area contributed by atoms with Crippen LogP contribution in [0.4, 0.5) is 8.78 Å². The van der Waals surface area contributed by atoms with Crippen molar-refractivity contribution in [3.05, 3.63) is 0 Å². The molecule has 1 N–H and O–H groups in total. The Hall–Kier alpha value is -2.10. The second kappa shape index (κ2) is 8.80. The van der Waals surface area contributed by atoms with E-state index < -0.39 is 77.1 Å². The predicted octanol–water partition coefficient (Wildman–Crippen LogP) is 2.33. The van der Waals surface area contributed by atoms with Gasteiger partial charge in [0.15, 0.2) is 6.10 Å². The molecule has 7 atom stereocenters. The number of carbonyl (C=O) groups is 4. The summed E-state index contributed by atoms with van der Waals surface area (Å²) in [6.45, 7) is 7.59. The van der Waals surface area contributed by atoms with Gasteiger partial charge in [-0.1, -0.05) is 13.8 Å². The number of aldehydes is 1. The molecular formula is C21H30F2O8. The number of carbonyl (C=O) groups excluding carboxylic acids is 3. The molecule has 2 rings (SSSR count). The molecule has 0 amide bonds. The minimum absolute atomic E-state index is 0.311. The smallest absolute Gasteiger partial charge is 0.378 e. The lowest BCUT2D eigenvalue weighted by Crippen LogP contribution is -2.52. The molecule has 2 aliphatic carbocycles. The SMILES string of the molecule is COC1C2CC(C1OC(=O)C(C)(C)C)C(C(=O)OC(C(C)C)C(F)(F)C(=O)O)C2C=O. The maximum Gasteiger partial charge on any atom is 0.378 e. The fourth-order valence-electron chi connectivity index (χ4n) is 4.58. The number of carboxylic acids is 1. The van der Waals surface area contributed by atoms with Crippen LogP contribution in [-0.4, -0.2) is 60.6 Å². The van der Waals surface area contributed by atoms with E-state index in [-0.39, 0.29) is 0 Å². The summed E-state index contributed by atoms with van der Waals surface area (Å²) < 4.78 is 44.3. The average molecular weight is 448 g/mol. The van der Waals surface area contributed by atoms with Crippen LogP contribution < -0.4 is 0 Å². The van der Waals surface area contributed by atoms with E-state index >= 15 is 0 Å².